The highest BCUT2D eigenvalue weighted by Gasteiger charge is 2.23. The van der Waals surface area contributed by atoms with E-state index in [2.05, 4.69) is 210 Å². The zero-order valence-corrected chi connectivity index (χ0v) is 33.0. The number of aryl methyl sites for hydroxylation is 3. The predicted molar refractivity (Wildman–Crippen MR) is 244 cm³/mol. The lowest BCUT2D eigenvalue weighted by atomic mass is 9.82. The van der Waals surface area contributed by atoms with E-state index in [1.807, 2.05) is 0 Å². The highest BCUT2D eigenvalue weighted by Crippen LogP contribution is 2.49. The number of benzene rings is 10. The Morgan fingerprint density at radius 1 is 0.393 bits per heavy atom. The Kier molecular flexibility index (Phi) is 7.80. The Morgan fingerprint density at radius 3 is 1.54 bits per heavy atom. The van der Waals surface area contributed by atoms with Crippen LogP contribution in [0.3, 0.4) is 0 Å². The average molecular weight is 720 g/mol. The normalized spacial score (nSPS) is 12.1. The summed E-state index contributed by atoms with van der Waals surface area (Å²) in [4.78, 5) is 2.45. The molecule has 1 nitrogen and oxygen atoms in total. The number of rotatable bonds is 5. The SMILES string of the molecule is Cc1ccc(N(c2ccc(C)cc2)c2c3ccccc3c(-c3cc(C)cc(-c4cc5cc(C(C)(C)C)cc6ccc7cccc4c7c65)c3)c3ccccc23)cc1. The third kappa shape index (κ3) is 5.53. The molecular formula is C55H45N. The molecule has 0 saturated heterocycles. The molecule has 0 aromatic heterocycles. The number of hydrogen-bond donors (Lipinski definition) is 0. The van der Waals surface area contributed by atoms with Crippen LogP contribution in [0, 0.1) is 20.8 Å². The molecule has 0 N–H and O–H groups in total. The number of nitrogens with zero attached hydrogens (tertiary/aromatic N) is 1. The Morgan fingerprint density at radius 2 is 0.929 bits per heavy atom. The fourth-order valence-corrected chi connectivity index (χ4v) is 9.05. The van der Waals surface area contributed by atoms with Gasteiger partial charge >= 0.3 is 0 Å². The second-order valence-electron chi connectivity index (χ2n) is 16.8. The van der Waals surface area contributed by atoms with E-state index in [0.717, 1.165) is 11.4 Å². The Labute approximate surface area is 329 Å². The first-order chi connectivity index (χ1) is 27.1. The minimum atomic E-state index is 0.0455. The van der Waals surface area contributed by atoms with Gasteiger partial charge in [-0.1, -0.05) is 159 Å². The van der Waals surface area contributed by atoms with E-state index in [4.69, 9.17) is 0 Å². The minimum absolute atomic E-state index is 0.0455. The van der Waals surface area contributed by atoms with Crippen LogP contribution < -0.4 is 4.90 Å². The van der Waals surface area contributed by atoms with Gasteiger partial charge in [0.05, 0.1) is 5.69 Å². The van der Waals surface area contributed by atoms with Gasteiger partial charge in [0.15, 0.2) is 0 Å². The van der Waals surface area contributed by atoms with Gasteiger partial charge in [0.2, 0.25) is 0 Å². The van der Waals surface area contributed by atoms with Crippen molar-refractivity contribution >= 4 is 70.9 Å². The third-order valence-electron chi connectivity index (χ3n) is 11.8. The van der Waals surface area contributed by atoms with Crippen molar-refractivity contribution in [2.75, 3.05) is 4.90 Å². The van der Waals surface area contributed by atoms with Gasteiger partial charge in [-0.25, -0.2) is 0 Å². The Hall–Kier alpha value is -6.44. The fourth-order valence-electron chi connectivity index (χ4n) is 9.05. The molecule has 270 valence electrons. The van der Waals surface area contributed by atoms with Crippen LogP contribution in [0.2, 0.25) is 0 Å². The highest BCUT2D eigenvalue weighted by molar-refractivity contribution is 6.27. The summed E-state index contributed by atoms with van der Waals surface area (Å²) in [5.41, 5.74) is 13.7. The maximum absolute atomic E-state index is 2.46. The van der Waals surface area contributed by atoms with Gasteiger partial charge in [0.1, 0.15) is 0 Å². The summed E-state index contributed by atoms with van der Waals surface area (Å²) in [6, 6.07) is 61.8. The highest BCUT2D eigenvalue weighted by atomic mass is 15.1. The maximum Gasteiger partial charge on any atom is 0.0618 e. The molecule has 10 aromatic rings. The summed E-state index contributed by atoms with van der Waals surface area (Å²) >= 11 is 0. The van der Waals surface area contributed by atoms with Crippen LogP contribution in [0.5, 0.6) is 0 Å². The van der Waals surface area contributed by atoms with Crippen molar-refractivity contribution in [1.29, 1.82) is 0 Å². The van der Waals surface area contributed by atoms with E-state index in [9.17, 15) is 0 Å². The fraction of sp³-hybridized carbons (Fsp3) is 0.127. The standard InChI is InChI=1S/C55H45N/c1-34-18-24-43(25-19-34)56(44-26-20-35(2)21-27-44)54-48-15-9-7-13-45(48)52(46-14-8-10-16-49(46)54)40-29-36(3)28-39(30-40)50-33-41-32-42(55(4,5)6)31-38-23-22-37-12-11-17-47(50)53(37)51(38)41/h7-33H,1-6H3. The molecule has 0 radical (unpaired) electrons. The summed E-state index contributed by atoms with van der Waals surface area (Å²) in [6.07, 6.45) is 0. The van der Waals surface area contributed by atoms with E-state index in [0.29, 0.717) is 0 Å². The molecule has 0 heterocycles. The quantitative estimate of drug-likeness (QED) is 0.126. The molecule has 0 amide bonds. The van der Waals surface area contributed by atoms with Crippen molar-refractivity contribution in [3.63, 3.8) is 0 Å². The van der Waals surface area contributed by atoms with Gasteiger partial charge < -0.3 is 4.90 Å². The molecule has 10 rings (SSSR count). The molecule has 0 saturated carbocycles. The number of hydrogen-bond acceptors (Lipinski definition) is 1. The van der Waals surface area contributed by atoms with Gasteiger partial charge in [-0.05, 0) is 139 Å². The summed E-state index contributed by atoms with van der Waals surface area (Å²) in [5.74, 6) is 0. The summed E-state index contributed by atoms with van der Waals surface area (Å²) in [7, 11) is 0. The molecule has 0 aliphatic rings. The first-order valence-electron chi connectivity index (χ1n) is 19.8. The zero-order chi connectivity index (χ0) is 38.3. The van der Waals surface area contributed by atoms with E-state index >= 15 is 0 Å². The molecule has 0 fully saturated rings. The van der Waals surface area contributed by atoms with Crippen LogP contribution in [-0.2, 0) is 5.41 Å². The van der Waals surface area contributed by atoms with Crippen molar-refractivity contribution in [3.8, 4) is 22.3 Å². The van der Waals surface area contributed by atoms with Crippen molar-refractivity contribution in [3.05, 3.63) is 186 Å². The minimum Gasteiger partial charge on any atom is -0.309 e. The Balaban J connectivity index is 1.26. The average Bonchev–Trinajstić information content (AvgIpc) is 3.20. The third-order valence-corrected chi connectivity index (χ3v) is 11.8. The monoisotopic (exact) mass is 719 g/mol. The smallest absolute Gasteiger partial charge is 0.0618 e. The second kappa shape index (κ2) is 12.8. The molecule has 0 bridgehead atoms. The molecule has 10 aromatic carbocycles. The number of anilines is 3. The molecule has 0 atom stereocenters. The van der Waals surface area contributed by atoms with Gasteiger partial charge in [-0.3, -0.25) is 0 Å². The lowest BCUT2D eigenvalue weighted by Crippen LogP contribution is -2.11. The van der Waals surface area contributed by atoms with Gasteiger partial charge in [0, 0.05) is 22.1 Å². The summed E-state index contributed by atoms with van der Waals surface area (Å²) in [6.45, 7) is 13.5. The van der Waals surface area contributed by atoms with Crippen molar-refractivity contribution in [2.45, 2.75) is 47.0 Å². The molecule has 0 unspecified atom stereocenters. The van der Waals surface area contributed by atoms with Crippen molar-refractivity contribution in [1.82, 2.24) is 0 Å². The van der Waals surface area contributed by atoms with Crippen molar-refractivity contribution < 1.29 is 0 Å². The van der Waals surface area contributed by atoms with E-state index in [1.165, 1.54) is 104 Å². The summed E-state index contributed by atoms with van der Waals surface area (Å²) < 4.78 is 0. The zero-order valence-electron chi connectivity index (χ0n) is 33.0. The Bertz CT molecular complexity index is 3020. The van der Waals surface area contributed by atoms with Crippen LogP contribution in [0.1, 0.15) is 43.0 Å². The largest absolute Gasteiger partial charge is 0.309 e. The molecule has 56 heavy (non-hydrogen) atoms. The first-order valence-corrected chi connectivity index (χ1v) is 19.8. The second-order valence-corrected chi connectivity index (χ2v) is 16.8. The van der Waals surface area contributed by atoms with Crippen LogP contribution in [-0.4, -0.2) is 0 Å². The van der Waals surface area contributed by atoms with E-state index < -0.39 is 0 Å². The maximum atomic E-state index is 2.46. The first kappa shape index (κ1) is 34.1. The van der Waals surface area contributed by atoms with Crippen molar-refractivity contribution in [2.24, 2.45) is 0 Å². The van der Waals surface area contributed by atoms with Crippen LogP contribution >= 0.6 is 0 Å². The topological polar surface area (TPSA) is 3.24 Å². The van der Waals surface area contributed by atoms with E-state index in [1.54, 1.807) is 0 Å². The molecule has 0 aliphatic carbocycles. The molecule has 1 heteroatoms. The molecule has 0 aliphatic heterocycles. The number of fused-ring (bicyclic) bond motifs is 2. The molecular weight excluding hydrogens is 675 g/mol. The van der Waals surface area contributed by atoms with E-state index in [-0.39, 0.29) is 5.41 Å². The van der Waals surface area contributed by atoms with Crippen LogP contribution in [0.4, 0.5) is 17.1 Å². The van der Waals surface area contributed by atoms with Gasteiger partial charge in [-0.2, -0.15) is 0 Å². The van der Waals surface area contributed by atoms with Gasteiger partial charge in [-0.15, -0.1) is 0 Å². The lowest BCUT2D eigenvalue weighted by Gasteiger charge is -2.30. The van der Waals surface area contributed by atoms with Gasteiger partial charge in [0.25, 0.3) is 0 Å². The summed E-state index contributed by atoms with van der Waals surface area (Å²) in [5, 5.41) is 12.9. The molecule has 0 spiro atoms. The van der Waals surface area contributed by atoms with Crippen LogP contribution in [0.15, 0.2) is 164 Å². The lowest BCUT2D eigenvalue weighted by molar-refractivity contribution is 0.591. The predicted octanol–water partition coefficient (Wildman–Crippen LogP) is 15.9. The van der Waals surface area contributed by atoms with Crippen LogP contribution in [0.25, 0.3) is 76.1 Å².